The fourth-order valence-electron chi connectivity index (χ4n) is 4.84. The van der Waals surface area contributed by atoms with E-state index in [1.165, 1.54) is 25.3 Å². The van der Waals surface area contributed by atoms with Gasteiger partial charge < -0.3 is 24.4 Å². The number of nitrogens with one attached hydrogen (secondary N) is 1. The third kappa shape index (κ3) is 6.64. The summed E-state index contributed by atoms with van der Waals surface area (Å²) in [6, 6.07) is 10.9. The van der Waals surface area contributed by atoms with E-state index in [0.29, 0.717) is 74.0 Å². The van der Waals surface area contributed by atoms with Crippen molar-refractivity contribution in [2.24, 2.45) is 11.8 Å². The molecule has 2 heterocycles. The molecule has 2 fully saturated rings. The predicted molar refractivity (Wildman–Crippen MR) is 142 cm³/mol. The van der Waals surface area contributed by atoms with Crippen LogP contribution in [0.25, 0.3) is 0 Å². The summed E-state index contributed by atoms with van der Waals surface area (Å²) in [6.07, 6.45) is 1.02. The minimum Gasteiger partial charge on any atom is -0.493 e. The SMILES string of the molecule is COc1cc(C(=O)Nc2ccc(S(=O)(=O)N3C[C@@H](C)C[C@H](C)C3)cc2)ccc1OCC(=O)N1CCOCC1. The van der Waals surface area contributed by atoms with Gasteiger partial charge in [-0.3, -0.25) is 9.59 Å². The van der Waals surface area contributed by atoms with Crippen LogP contribution in [-0.2, 0) is 19.6 Å². The summed E-state index contributed by atoms with van der Waals surface area (Å²) in [5.41, 5.74) is 0.784. The molecule has 0 saturated carbocycles. The van der Waals surface area contributed by atoms with Crippen molar-refractivity contribution in [3.05, 3.63) is 48.0 Å². The molecule has 11 heteroatoms. The van der Waals surface area contributed by atoms with E-state index < -0.39 is 15.9 Å². The average Bonchev–Trinajstić information content (AvgIpc) is 2.91. The van der Waals surface area contributed by atoms with Crippen molar-refractivity contribution >= 4 is 27.5 Å². The van der Waals surface area contributed by atoms with Crippen molar-refractivity contribution in [3.63, 3.8) is 0 Å². The van der Waals surface area contributed by atoms with Gasteiger partial charge in [0.2, 0.25) is 10.0 Å². The summed E-state index contributed by atoms with van der Waals surface area (Å²) >= 11 is 0. The van der Waals surface area contributed by atoms with Crippen molar-refractivity contribution in [1.29, 1.82) is 0 Å². The van der Waals surface area contributed by atoms with Gasteiger partial charge in [0.25, 0.3) is 11.8 Å². The van der Waals surface area contributed by atoms with Crippen molar-refractivity contribution < 1.29 is 32.2 Å². The Morgan fingerprint density at radius 1 is 1.00 bits per heavy atom. The lowest BCUT2D eigenvalue weighted by Gasteiger charge is -2.34. The highest BCUT2D eigenvalue weighted by atomic mass is 32.2. The molecule has 0 aliphatic carbocycles. The highest BCUT2D eigenvalue weighted by Gasteiger charge is 2.31. The number of morpholine rings is 1. The first-order valence-electron chi connectivity index (χ1n) is 12.7. The van der Waals surface area contributed by atoms with Gasteiger partial charge >= 0.3 is 0 Å². The summed E-state index contributed by atoms with van der Waals surface area (Å²) in [7, 11) is -2.15. The standard InChI is InChI=1S/C27H35N3O7S/c1-19-14-20(2)17-30(16-19)38(33,34)23-7-5-22(6-8-23)28-27(32)21-4-9-24(25(15-21)35-3)37-18-26(31)29-10-12-36-13-11-29/h4-9,15,19-20H,10-14,16-18H2,1-3H3,(H,28,32)/t19-,20-/m0/s1. The number of sulfonamides is 1. The third-order valence-electron chi connectivity index (χ3n) is 6.73. The lowest BCUT2D eigenvalue weighted by atomic mass is 9.94. The second kappa shape index (κ2) is 12.1. The number of nitrogens with zero attached hydrogens (tertiary/aromatic N) is 2. The van der Waals surface area contributed by atoms with Crippen molar-refractivity contribution in [1.82, 2.24) is 9.21 Å². The molecule has 2 atom stereocenters. The normalized spacial score (nSPS) is 20.6. The quantitative estimate of drug-likeness (QED) is 0.543. The molecule has 2 aliphatic heterocycles. The van der Waals surface area contributed by atoms with Gasteiger partial charge in [0.05, 0.1) is 25.2 Å². The number of carbonyl (C=O) groups excluding carboxylic acids is 2. The summed E-state index contributed by atoms with van der Waals surface area (Å²) < 4.78 is 44.0. The Morgan fingerprint density at radius 3 is 2.29 bits per heavy atom. The number of benzene rings is 2. The van der Waals surface area contributed by atoms with E-state index in [2.05, 4.69) is 19.2 Å². The molecule has 2 aromatic rings. The van der Waals surface area contributed by atoms with Crippen LogP contribution in [-0.4, -0.2) is 82.5 Å². The number of methoxy groups -OCH3 is 1. The summed E-state index contributed by atoms with van der Waals surface area (Å²) in [4.78, 5) is 27.1. The smallest absolute Gasteiger partial charge is 0.260 e. The Balaban J connectivity index is 1.38. The maximum atomic E-state index is 13.1. The molecule has 0 bridgehead atoms. The number of hydrogen-bond acceptors (Lipinski definition) is 7. The van der Waals surface area contributed by atoms with E-state index in [1.54, 1.807) is 33.5 Å². The number of piperidine rings is 1. The number of hydrogen-bond donors (Lipinski definition) is 1. The lowest BCUT2D eigenvalue weighted by Crippen LogP contribution is -2.43. The van der Waals surface area contributed by atoms with Crippen LogP contribution in [0.1, 0.15) is 30.6 Å². The molecule has 0 unspecified atom stereocenters. The molecular formula is C27H35N3O7S. The minimum absolute atomic E-state index is 0.146. The van der Waals surface area contributed by atoms with E-state index in [1.807, 2.05) is 0 Å². The second-order valence-electron chi connectivity index (χ2n) is 9.89. The molecule has 10 nitrogen and oxygen atoms in total. The average molecular weight is 546 g/mol. The zero-order valence-electron chi connectivity index (χ0n) is 22.0. The van der Waals surface area contributed by atoms with Crippen LogP contribution in [0.4, 0.5) is 5.69 Å². The van der Waals surface area contributed by atoms with Gasteiger partial charge in [-0.1, -0.05) is 13.8 Å². The zero-order chi connectivity index (χ0) is 27.3. The van der Waals surface area contributed by atoms with Crippen LogP contribution >= 0.6 is 0 Å². The second-order valence-corrected chi connectivity index (χ2v) is 11.8. The molecule has 2 aliphatic rings. The number of anilines is 1. The Labute approximate surface area is 223 Å². The molecule has 0 aromatic heterocycles. The maximum Gasteiger partial charge on any atom is 0.260 e. The topological polar surface area (TPSA) is 114 Å². The van der Waals surface area contributed by atoms with E-state index in [-0.39, 0.29) is 17.4 Å². The molecule has 1 N–H and O–H groups in total. The van der Waals surface area contributed by atoms with Crippen LogP contribution in [0.5, 0.6) is 11.5 Å². The largest absolute Gasteiger partial charge is 0.493 e. The summed E-state index contributed by atoms with van der Waals surface area (Å²) in [6.45, 7) is 7.08. The van der Waals surface area contributed by atoms with E-state index in [0.717, 1.165) is 6.42 Å². The van der Waals surface area contributed by atoms with Crippen molar-refractivity contribution in [2.45, 2.75) is 25.2 Å². The third-order valence-corrected chi connectivity index (χ3v) is 8.57. The fraction of sp³-hybridized carbons (Fsp3) is 0.481. The van der Waals surface area contributed by atoms with Crippen LogP contribution < -0.4 is 14.8 Å². The first-order chi connectivity index (χ1) is 18.2. The molecule has 4 rings (SSSR count). The van der Waals surface area contributed by atoms with Crippen LogP contribution in [0.2, 0.25) is 0 Å². The van der Waals surface area contributed by atoms with Crippen LogP contribution in [0.15, 0.2) is 47.4 Å². The molecule has 2 aromatic carbocycles. The highest BCUT2D eigenvalue weighted by molar-refractivity contribution is 7.89. The van der Waals surface area contributed by atoms with Crippen LogP contribution in [0, 0.1) is 11.8 Å². The summed E-state index contributed by atoms with van der Waals surface area (Å²) in [5.74, 6) is 0.748. The van der Waals surface area contributed by atoms with Crippen LogP contribution in [0.3, 0.4) is 0 Å². The first kappa shape index (κ1) is 27.9. The Hall–Kier alpha value is -3.15. The number of rotatable bonds is 8. The van der Waals surface area contributed by atoms with Gasteiger partial charge in [-0.25, -0.2) is 8.42 Å². The van der Waals surface area contributed by atoms with E-state index >= 15 is 0 Å². The molecule has 2 amide bonds. The van der Waals surface area contributed by atoms with Gasteiger partial charge in [-0.2, -0.15) is 4.31 Å². The van der Waals surface area contributed by atoms with E-state index in [4.69, 9.17) is 14.2 Å². The van der Waals surface area contributed by atoms with E-state index in [9.17, 15) is 18.0 Å². The minimum atomic E-state index is -3.60. The number of carbonyl (C=O) groups is 2. The molecule has 2 saturated heterocycles. The predicted octanol–water partition coefficient (Wildman–Crippen LogP) is 2.85. The van der Waals surface area contributed by atoms with Gasteiger partial charge in [0.1, 0.15) is 0 Å². The van der Waals surface area contributed by atoms with Crippen molar-refractivity contribution in [2.75, 3.05) is 58.4 Å². The molecular weight excluding hydrogens is 510 g/mol. The number of amides is 2. The Bertz CT molecular complexity index is 1230. The molecule has 0 spiro atoms. The Morgan fingerprint density at radius 2 is 1.66 bits per heavy atom. The maximum absolute atomic E-state index is 13.1. The Kier molecular flexibility index (Phi) is 8.91. The molecule has 206 valence electrons. The van der Waals surface area contributed by atoms with Gasteiger partial charge in [0, 0.05) is 37.4 Å². The highest BCUT2D eigenvalue weighted by Crippen LogP contribution is 2.29. The van der Waals surface area contributed by atoms with Gasteiger partial charge in [-0.15, -0.1) is 0 Å². The fourth-order valence-corrected chi connectivity index (χ4v) is 6.52. The zero-order valence-corrected chi connectivity index (χ0v) is 22.8. The lowest BCUT2D eigenvalue weighted by molar-refractivity contribution is -0.137. The summed E-state index contributed by atoms with van der Waals surface area (Å²) in [5, 5.41) is 2.78. The first-order valence-corrected chi connectivity index (χ1v) is 14.2. The molecule has 38 heavy (non-hydrogen) atoms. The van der Waals surface area contributed by atoms with Gasteiger partial charge in [-0.05, 0) is 60.7 Å². The number of ether oxygens (including phenoxy) is 3. The van der Waals surface area contributed by atoms with Gasteiger partial charge in [0.15, 0.2) is 18.1 Å². The molecule has 0 radical (unpaired) electrons. The van der Waals surface area contributed by atoms with Crippen molar-refractivity contribution in [3.8, 4) is 11.5 Å². The monoisotopic (exact) mass is 545 g/mol.